The minimum atomic E-state index is -0.871. The fourth-order valence-corrected chi connectivity index (χ4v) is 2.26. The lowest BCUT2D eigenvalue weighted by Gasteiger charge is -2.17. The first-order chi connectivity index (χ1) is 7.47. The summed E-state index contributed by atoms with van der Waals surface area (Å²) in [7, 11) is 0. The number of aliphatic carboxylic acids is 1. The van der Waals surface area contributed by atoms with E-state index in [1.165, 1.54) is 0 Å². The highest BCUT2D eigenvalue weighted by molar-refractivity contribution is 5.77. The summed E-state index contributed by atoms with van der Waals surface area (Å²) in [4.78, 5) is 11.2. The van der Waals surface area contributed by atoms with Crippen molar-refractivity contribution in [2.45, 2.75) is 33.1 Å². The second-order valence-electron chi connectivity index (χ2n) is 4.22. The van der Waals surface area contributed by atoms with E-state index in [9.17, 15) is 4.79 Å². The van der Waals surface area contributed by atoms with Gasteiger partial charge in [-0.3, -0.25) is 4.79 Å². The third-order valence-electron chi connectivity index (χ3n) is 2.80. The molecule has 0 heterocycles. The van der Waals surface area contributed by atoms with Crippen molar-refractivity contribution in [3.8, 4) is 0 Å². The van der Waals surface area contributed by atoms with Crippen molar-refractivity contribution in [2.24, 2.45) is 0 Å². The minimum absolute atomic E-state index is 0.107. The maximum Gasteiger partial charge on any atom is 0.311 e. The standard InChI is InChI=1S/C13H18O3/c1-8-6-9(2)12(10(3)7-8)11(4-5-14)13(15)16/h6-7,11,14H,4-5H2,1-3H3,(H,15,16). The second kappa shape index (κ2) is 5.12. The molecule has 0 bridgehead atoms. The average Bonchev–Trinajstić information content (AvgIpc) is 2.14. The van der Waals surface area contributed by atoms with Gasteiger partial charge in [0.05, 0.1) is 5.92 Å². The molecule has 3 heteroatoms. The monoisotopic (exact) mass is 222 g/mol. The molecule has 1 aromatic carbocycles. The van der Waals surface area contributed by atoms with Gasteiger partial charge in [-0.25, -0.2) is 0 Å². The maximum absolute atomic E-state index is 11.2. The van der Waals surface area contributed by atoms with Gasteiger partial charge < -0.3 is 10.2 Å². The number of aliphatic hydroxyl groups is 1. The first-order valence-electron chi connectivity index (χ1n) is 5.38. The highest BCUT2D eigenvalue weighted by Gasteiger charge is 2.22. The molecular weight excluding hydrogens is 204 g/mol. The molecule has 1 aromatic rings. The van der Waals surface area contributed by atoms with Crippen LogP contribution in [0, 0.1) is 20.8 Å². The fourth-order valence-electron chi connectivity index (χ4n) is 2.26. The lowest BCUT2D eigenvalue weighted by molar-refractivity contribution is -0.139. The number of aryl methyl sites for hydroxylation is 3. The Hall–Kier alpha value is -1.35. The number of carbonyl (C=O) groups is 1. The van der Waals surface area contributed by atoms with Gasteiger partial charge in [0, 0.05) is 6.61 Å². The molecule has 0 saturated heterocycles. The van der Waals surface area contributed by atoms with E-state index in [0.29, 0.717) is 0 Å². The van der Waals surface area contributed by atoms with Crippen molar-refractivity contribution < 1.29 is 15.0 Å². The van der Waals surface area contributed by atoms with Crippen LogP contribution in [0.3, 0.4) is 0 Å². The van der Waals surface area contributed by atoms with E-state index < -0.39 is 11.9 Å². The molecule has 1 unspecified atom stereocenters. The van der Waals surface area contributed by atoms with Crippen LogP contribution in [0.4, 0.5) is 0 Å². The van der Waals surface area contributed by atoms with Crippen LogP contribution in [0.2, 0.25) is 0 Å². The van der Waals surface area contributed by atoms with Gasteiger partial charge >= 0.3 is 5.97 Å². The van der Waals surface area contributed by atoms with Crippen LogP contribution in [-0.2, 0) is 4.79 Å². The molecule has 0 spiro atoms. The predicted molar refractivity (Wildman–Crippen MR) is 62.7 cm³/mol. The van der Waals surface area contributed by atoms with Gasteiger partial charge in [-0.15, -0.1) is 0 Å². The summed E-state index contributed by atoms with van der Waals surface area (Å²) in [6, 6.07) is 3.96. The quantitative estimate of drug-likeness (QED) is 0.820. The second-order valence-corrected chi connectivity index (χ2v) is 4.22. The number of carboxylic acid groups (broad SMARTS) is 1. The summed E-state index contributed by atoms with van der Waals surface area (Å²) >= 11 is 0. The Morgan fingerprint density at radius 3 is 2.12 bits per heavy atom. The van der Waals surface area contributed by atoms with Crippen LogP contribution >= 0.6 is 0 Å². The molecule has 3 nitrogen and oxygen atoms in total. The Bertz CT molecular complexity index is 373. The number of benzene rings is 1. The zero-order valence-electron chi connectivity index (χ0n) is 9.95. The Morgan fingerprint density at radius 2 is 1.75 bits per heavy atom. The number of carboxylic acids is 1. The lowest BCUT2D eigenvalue weighted by Crippen LogP contribution is -2.16. The Balaban J connectivity index is 3.23. The summed E-state index contributed by atoms with van der Waals surface area (Å²) < 4.78 is 0. The first kappa shape index (κ1) is 12.7. The van der Waals surface area contributed by atoms with Gasteiger partial charge in [0.25, 0.3) is 0 Å². The van der Waals surface area contributed by atoms with Gasteiger partial charge in [0.1, 0.15) is 0 Å². The van der Waals surface area contributed by atoms with E-state index in [-0.39, 0.29) is 13.0 Å². The van der Waals surface area contributed by atoms with E-state index >= 15 is 0 Å². The number of aliphatic hydroxyl groups excluding tert-OH is 1. The van der Waals surface area contributed by atoms with Crippen molar-refractivity contribution in [2.75, 3.05) is 6.61 Å². The van der Waals surface area contributed by atoms with Gasteiger partial charge in [0.2, 0.25) is 0 Å². The molecule has 0 saturated carbocycles. The van der Waals surface area contributed by atoms with E-state index in [1.54, 1.807) is 0 Å². The van der Waals surface area contributed by atoms with Crippen LogP contribution < -0.4 is 0 Å². The van der Waals surface area contributed by atoms with Crippen molar-refractivity contribution in [3.05, 3.63) is 34.4 Å². The molecule has 16 heavy (non-hydrogen) atoms. The normalized spacial score (nSPS) is 12.5. The fraction of sp³-hybridized carbons (Fsp3) is 0.462. The smallest absolute Gasteiger partial charge is 0.311 e. The zero-order chi connectivity index (χ0) is 12.3. The van der Waals surface area contributed by atoms with Crippen LogP contribution in [0.15, 0.2) is 12.1 Å². The number of hydrogen-bond donors (Lipinski definition) is 2. The molecule has 2 N–H and O–H groups in total. The Labute approximate surface area is 95.7 Å². The molecule has 0 amide bonds. The van der Waals surface area contributed by atoms with E-state index in [2.05, 4.69) is 0 Å². The predicted octanol–water partition coefficient (Wildman–Crippen LogP) is 2.16. The SMILES string of the molecule is Cc1cc(C)c(C(CCO)C(=O)O)c(C)c1. The molecule has 0 aromatic heterocycles. The summed E-state index contributed by atoms with van der Waals surface area (Å²) in [5, 5.41) is 18.1. The third-order valence-corrected chi connectivity index (χ3v) is 2.80. The largest absolute Gasteiger partial charge is 0.481 e. The lowest BCUT2D eigenvalue weighted by atomic mass is 9.87. The van der Waals surface area contributed by atoms with Crippen LogP contribution in [0.25, 0.3) is 0 Å². The Kier molecular flexibility index (Phi) is 4.07. The van der Waals surface area contributed by atoms with Crippen LogP contribution in [0.1, 0.15) is 34.6 Å². The van der Waals surface area contributed by atoms with Crippen molar-refractivity contribution in [1.82, 2.24) is 0 Å². The summed E-state index contributed by atoms with van der Waals surface area (Å²) in [5.74, 6) is -1.48. The van der Waals surface area contributed by atoms with Crippen molar-refractivity contribution in [1.29, 1.82) is 0 Å². The van der Waals surface area contributed by atoms with E-state index in [0.717, 1.165) is 22.3 Å². The molecule has 0 aliphatic rings. The average molecular weight is 222 g/mol. The molecule has 88 valence electrons. The molecule has 0 fully saturated rings. The van der Waals surface area contributed by atoms with Crippen molar-refractivity contribution in [3.63, 3.8) is 0 Å². The van der Waals surface area contributed by atoms with E-state index in [4.69, 9.17) is 10.2 Å². The number of hydrogen-bond acceptors (Lipinski definition) is 2. The highest BCUT2D eigenvalue weighted by Crippen LogP contribution is 2.27. The van der Waals surface area contributed by atoms with Crippen LogP contribution in [-0.4, -0.2) is 22.8 Å². The first-order valence-corrected chi connectivity index (χ1v) is 5.38. The summed E-state index contributed by atoms with van der Waals surface area (Å²) in [5.41, 5.74) is 3.94. The zero-order valence-corrected chi connectivity index (χ0v) is 9.95. The topological polar surface area (TPSA) is 57.5 Å². The van der Waals surface area contributed by atoms with Gasteiger partial charge in [-0.2, -0.15) is 0 Å². The van der Waals surface area contributed by atoms with Gasteiger partial charge in [0.15, 0.2) is 0 Å². The minimum Gasteiger partial charge on any atom is -0.481 e. The summed E-state index contributed by atoms with van der Waals surface area (Å²) in [6.07, 6.45) is 0.264. The third kappa shape index (κ3) is 2.61. The van der Waals surface area contributed by atoms with Crippen LogP contribution in [0.5, 0.6) is 0 Å². The molecule has 1 rings (SSSR count). The van der Waals surface area contributed by atoms with Gasteiger partial charge in [-0.1, -0.05) is 17.7 Å². The summed E-state index contributed by atoms with van der Waals surface area (Å²) in [6.45, 7) is 5.72. The van der Waals surface area contributed by atoms with Gasteiger partial charge in [-0.05, 0) is 43.9 Å². The molecule has 0 aliphatic carbocycles. The molecule has 0 radical (unpaired) electrons. The molecule has 0 aliphatic heterocycles. The Morgan fingerprint density at radius 1 is 1.25 bits per heavy atom. The number of rotatable bonds is 4. The highest BCUT2D eigenvalue weighted by atomic mass is 16.4. The van der Waals surface area contributed by atoms with Crippen molar-refractivity contribution >= 4 is 5.97 Å². The van der Waals surface area contributed by atoms with E-state index in [1.807, 2.05) is 32.9 Å². The maximum atomic E-state index is 11.2. The molecule has 1 atom stereocenters. The molecular formula is C13H18O3.